The fraction of sp³-hybridized carbons (Fsp3) is 0.208. The van der Waals surface area contributed by atoms with Crippen molar-refractivity contribution >= 4 is 10.8 Å². The highest BCUT2D eigenvalue weighted by Gasteiger charge is 2.51. The van der Waals surface area contributed by atoms with Gasteiger partial charge in [0.05, 0.1) is 11.6 Å². The summed E-state index contributed by atoms with van der Waals surface area (Å²) in [6.45, 7) is 0. The maximum Gasteiger partial charge on any atom is 0.164 e. The molecule has 4 bridgehead atoms. The van der Waals surface area contributed by atoms with Crippen LogP contribution in [0, 0.1) is 29.1 Å². The zero-order valence-electron chi connectivity index (χ0n) is 29.0. The van der Waals surface area contributed by atoms with Gasteiger partial charge in [-0.3, -0.25) is 0 Å². The van der Waals surface area contributed by atoms with Gasteiger partial charge in [0.15, 0.2) is 17.5 Å². The lowest BCUT2D eigenvalue weighted by molar-refractivity contribution is -0.00518. The smallest absolute Gasteiger partial charge is 0.164 e. The summed E-state index contributed by atoms with van der Waals surface area (Å²) < 4.78 is 0. The van der Waals surface area contributed by atoms with Crippen LogP contribution in [0.1, 0.15) is 49.7 Å². The van der Waals surface area contributed by atoms with Gasteiger partial charge in [-0.05, 0) is 125 Å². The number of fused-ring (bicyclic) bond motifs is 1. The normalized spacial score (nSPS) is 21.6. The molecule has 0 atom stereocenters. The third-order valence-electron chi connectivity index (χ3n) is 12.1. The van der Waals surface area contributed by atoms with E-state index in [1.54, 1.807) is 0 Å². The fourth-order valence-electron chi connectivity index (χ4n) is 10.1. The highest BCUT2D eigenvalue weighted by atomic mass is 15.0. The summed E-state index contributed by atoms with van der Waals surface area (Å²) in [5.74, 6) is 4.68. The van der Waals surface area contributed by atoms with E-state index < -0.39 is 0 Å². The van der Waals surface area contributed by atoms with Crippen molar-refractivity contribution in [1.82, 2.24) is 15.0 Å². The third kappa shape index (κ3) is 5.49. The van der Waals surface area contributed by atoms with Gasteiger partial charge in [0.2, 0.25) is 0 Å². The van der Waals surface area contributed by atoms with Gasteiger partial charge in [-0.1, -0.05) is 115 Å². The highest BCUT2D eigenvalue weighted by molar-refractivity contribution is 5.98. The Kier molecular flexibility index (Phi) is 7.35. The first-order valence-electron chi connectivity index (χ1n) is 18.7. The zero-order valence-corrected chi connectivity index (χ0v) is 29.0. The van der Waals surface area contributed by atoms with E-state index in [0.717, 1.165) is 67.5 Å². The summed E-state index contributed by atoms with van der Waals surface area (Å²) in [6, 6.07) is 51.0. The minimum absolute atomic E-state index is 0.344. The van der Waals surface area contributed by atoms with E-state index in [1.165, 1.54) is 44.1 Å². The van der Waals surface area contributed by atoms with Crippen molar-refractivity contribution in [2.24, 2.45) is 17.8 Å². The van der Waals surface area contributed by atoms with E-state index in [1.807, 2.05) is 24.3 Å². The standard InChI is InChI=1S/C48H38N4/c49-30-31-15-16-36-9-6-14-43(44(36)24-31)39-11-5-13-41(26-39)47-51-45(50-46(52-47)40-12-4-10-38(25-40)35-7-2-1-3-8-35)37-17-19-42(20-18-37)48-27-32-21-33(28-48)23-34(22-32)29-48/h1-20,24-26,32-34H,21-23,27-29H2. The van der Waals surface area contributed by atoms with Gasteiger partial charge >= 0.3 is 0 Å². The average molecular weight is 671 g/mol. The molecular weight excluding hydrogens is 633 g/mol. The predicted molar refractivity (Wildman–Crippen MR) is 209 cm³/mol. The second-order valence-corrected chi connectivity index (χ2v) is 15.5. The van der Waals surface area contributed by atoms with Gasteiger partial charge in [0.25, 0.3) is 0 Å². The van der Waals surface area contributed by atoms with E-state index >= 15 is 0 Å². The molecule has 0 unspecified atom stereocenters. The van der Waals surface area contributed by atoms with E-state index in [-0.39, 0.29) is 0 Å². The number of nitrogens with zero attached hydrogens (tertiary/aromatic N) is 4. The molecule has 7 aromatic rings. The second kappa shape index (κ2) is 12.4. The van der Waals surface area contributed by atoms with Gasteiger partial charge < -0.3 is 0 Å². The molecule has 0 saturated heterocycles. The summed E-state index contributed by atoms with van der Waals surface area (Å²) in [5.41, 5.74) is 9.76. The Morgan fingerprint density at radius 2 is 1.04 bits per heavy atom. The van der Waals surface area contributed by atoms with Crippen LogP contribution >= 0.6 is 0 Å². The summed E-state index contributed by atoms with van der Waals surface area (Å²) in [5, 5.41) is 11.8. The van der Waals surface area contributed by atoms with Crippen LogP contribution in [-0.2, 0) is 5.41 Å². The molecule has 4 aliphatic carbocycles. The Balaban J connectivity index is 1.08. The molecule has 0 spiro atoms. The molecule has 4 aliphatic rings. The molecule has 0 radical (unpaired) electrons. The number of aromatic nitrogens is 3. The average Bonchev–Trinajstić information content (AvgIpc) is 3.20. The molecule has 250 valence electrons. The Labute approximate surface area is 304 Å². The summed E-state index contributed by atoms with van der Waals surface area (Å²) in [6.07, 6.45) is 8.38. The van der Waals surface area contributed by atoms with Gasteiger partial charge in [-0.15, -0.1) is 0 Å². The van der Waals surface area contributed by atoms with E-state index in [9.17, 15) is 5.26 Å². The van der Waals surface area contributed by atoms with Crippen LogP contribution < -0.4 is 0 Å². The monoisotopic (exact) mass is 670 g/mol. The van der Waals surface area contributed by atoms with Crippen molar-refractivity contribution in [3.8, 4) is 62.5 Å². The van der Waals surface area contributed by atoms with Crippen LogP contribution in [0.5, 0.6) is 0 Å². The predicted octanol–water partition coefficient (Wildman–Crippen LogP) is 11.7. The number of nitriles is 1. The molecule has 4 saturated carbocycles. The van der Waals surface area contributed by atoms with Crippen LogP contribution in [0.2, 0.25) is 0 Å². The van der Waals surface area contributed by atoms with Crippen LogP contribution in [0.25, 0.3) is 67.2 Å². The Morgan fingerprint density at radius 1 is 0.481 bits per heavy atom. The van der Waals surface area contributed by atoms with Crippen molar-refractivity contribution in [1.29, 1.82) is 5.26 Å². The van der Waals surface area contributed by atoms with Crippen LogP contribution in [0.15, 0.2) is 140 Å². The second-order valence-electron chi connectivity index (χ2n) is 15.5. The maximum atomic E-state index is 9.63. The Hall–Kier alpha value is -5.92. The summed E-state index contributed by atoms with van der Waals surface area (Å²) in [4.78, 5) is 15.4. The van der Waals surface area contributed by atoms with Crippen molar-refractivity contribution in [3.05, 3.63) is 151 Å². The molecule has 52 heavy (non-hydrogen) atoms. The van der Waals surface area contributed by atoms with E-state index in [0.29, 0.717) is 28.5 Å². The number of benzene rings is 6. The van der Waals surface area contributed by atoms with Crippen molar-refractivity contribution in [2.45, 2.75) is 43.9 Å². The van der Waals surface area contributed by atoms with Crippen molar-refractivity contribution < 1.29 is 0 Å². The van der Waals surface area contributed by atoms with Gasteiger partial charge in [0, 0.05) is 16.7 Å². The van der Waals surface area contributed by atoms with E-state index in [2.05, 4.69) is 121 Å². The van der Waals surface area contributed by atoms with Crippen molar-refractivity contribution in [2.75, 3.05) is 0 Å². The van der Waals surface area contributed by atoms with Gasteiger partial charge in [0.1, 0.15) is 0 Å². The molecule has 1 heterocycles. The quantitative estimate of drug-likeness (QED) is 0.177. The maximum absolute atomic E-state index is 9.63. The molecule has 4 nitrogen and oxygen atoms in total. The number of hydrogen-bond acceptors (Lipinski definition) is 4. The van der Waals surface area contributed by atoms with Gasteiger partial charge in [-0.25, -0.2) is 15.0 Å². The minimum atomic E-state index is 0.344. The molecule has 1 aromatic heterocycles. The molecule has 0 N–H and O–H groups in total. The van der Waals surface area contributed by atoms with Crippen LogP contribution in [0.4, 0.5) is 0 Å². The topological polar surface area (TPSA) is 62.5 Å². The zero-order chi connectivity index (χ0) is 34.6. The largest absolute Gasteiger partial charge is 0.208 e. The molecule has 0 amide bonds. The van der Waals surface area contributed by atoms with E-state index in [4.69, 9.17) is 15.0 Å². The lowest BCUT2D eigenvalue weighted by Gasteiger charge is -2.57. The lowest BCUT2D eigenvalue weighted by atomic mass is 9.48. The summed E-state index contributed by atoms with van der Waals surface area (Å²) in [7, 11) is 0. The highest BCUT2D eigenvalue weighted by Crippen LogP contribution is 2.60. The first-order chi connectivity index (χ1) is 25.6. The molecular formula is C48H38N4. The van der Waals surface area contributed by atoms with Crippen LogP contribution in [-0.4, -0.2) is 15.0 Å². The molecule has 0 aliphatic heterocycles. The minimum Gasteiger partial charge on any atom is -0.208 e. The van der Waals surface area contributed by atoms with Crippen LogP contribution in [0.3, 0.4) is 0 Å². The first-order valence-corrected chi connectivity index (χ1v) is 18.7. The number of hydrogen-bond donors (Lipinski definition) is 0. The Morgan fingerprint density at radius 3 is 1.69 bits per heavy atom. The lowest BCUT2D eigenvalue weighted by Crippen LogP contribution is -2.48. The molecule has 11 rings (SSSR count). The molecule has 4 heteroatoms. The number of rotatable bonds is 6. The summed E-state index contributed by atoms with van der Waals surface area (Å²) >= 11 is 0. The fourth-order valence-corrected chi connectivity index (χ4v) is 10.1. The third-order valence-corrected chi connectivity index (χ3v) is 12.1. The SMILES string of the molecule is N#Cc1ccc2cccc(-c3cccc(-c4nc(-c5ccc(C67CC8CC(CC(C8)C6)C7)cc5)nc(-c5cccc(-c6ccccc6)c5)n4)c3)c2c1. The molecule has 4 fully saturated rings. The van der Waals surface area contributed by atoms with Crippen molar-refractivity contribution in [3.63, 3.8) is 0 Å². The van der Waals surface area contributed by atoms with Gasteiger partial charge in [-0.2, -0.15) is 5.26 Å². The Bertz CT molecular complexity index is 2480. The first kappa shape index (κ1) is 30.9. The molecule has 6 aromatic carbocycles.